The highest BCUT2D eigenvalue weighted by Gasteiger charge is 2.11. The molecule has 0 aliphatic rings. The van der Waals surface area contributed by atoms with Gasteiger partial charge in [-0.25, -0.2) is 0 Å². The number of hydrogen-bond donors (Lipinski definition) is 2. The zero-order valence-electron chi connectivity index (χ0n) is 10.3. The first-order valence-corrected chi connectivity index (χ1v) is 6.61. The van der Waals surface area contributed by atoms with E-state index in [0.717, 1.165) is 6.42 Å². The van der Waals surface area contributed by atoms with Gasteiger partial charge in [0.25, 0.3) is 0 Å². The van der Waals surface area contributed by atoms with Crippen LogP contribution in [-0.4, -0.2) is 48.7 Å². The number of hydrogen-bond acceptors (Lipinski definition) is 4. The standard InChI is InChI=1S/C12H20N2O2S/c1-10(9-15)14(2)8-12(16)13-6-5-11-4-3-7-17-11/h3-4,7,10,15H,5-6,8-9H2,1-2H3,(H,13,16). The largest absolute Gasteiger partial charge is 0.395 e. The Balaban J connectivity index is 2.17. The number of likely N-dealkylation sites (N-methyl/N-ethyl adjacent to an activating group) is 1. The molecule has 1 amide bonds. The van der Waals surface area contributed by atoms with Gasteiger partial charge < -0.3 is 10.4 Å². The lowest BCUT2D eigenvalue weighted by Gasteiger charge is -2.21. The van der Waals surface area contributed by atoms with Crippen molar-refractivity contribution < 1.29 is 9.90 Å². The van der Waals surface area contributed by atoms with Gasteiger partial charge in [0.1, 0.15) is 0 Å². The molecule has 1 aromatic heterocycles. The number of carbonyl (C=O) groups is 1. The molecule has 2 N–H and O–H groups in total. The van der Waals surface area contributed by atoms with Crippen LogP contribution in [0.3, 0.4) is 0 Å². The normalized spacial score (nSPS) is 12.7. The molecule has 0 aliphatic carbocycles. The number of aliphatic hydroxyl groups excluding tert-OH is 1. The molecule has 1 rings (SSSR count). The van der Waals surface area contributed by atoms with E-state index in [0.29, 0.717) is 13.1 Å². The molecule has 0 saturated heterocycles. The molecule has 0 saturated carbocycles. The lowest BCUT2D eigenvalue weighted by molar-refractivity contribution is -0.122. The first kappa shape index (κ1) is 14.2. The van der Waals surface area contributed by atoms with Crippen LogP contribution in [0.25, 0.3) is 0 Å². The summed E-state index contributed by atoms with van der Waals surface area (Å²) in [5, 5.41) is 13.9. The van der Waals surface area contributed by atoms with E-state index in [1.165, 1.54) is 4.88 Å². The molecule has 1 unspecified atom stereocenters. The van der Waals surface area contributed by atoms with Crippen molar-refractivity contribution in [3.63, 3.8) is 0 Å². The van der Waals surface area contributed by atoms with Crippen LogP contribution in [0.15, 0.2) is 17.5 Å². The Kier molecular flexibility index (Phi) is 6.18. The maximum absolute atomic E-state index is 11.6. The molecule has 96 valence electrons. The summed E-state index contributed by atoms with van der Waals surface area (Å²) in [6.07, 6.45) is 0.878. The summed E-state index contributed by atoms with van der Waals surface area (Å²) in [6.45, 7) is 2.95. The number of thiophene rings is 1. The fourth-order valence-electron chi connectivity index (χ4n) is 1.36. The van der Waals surface area contributed by atoms with Crippen molar-refractivity contribution in [1.29, 1.82) is 0 Å². The number of amides is 1. The van der Waals surface area contributed by atoms with Crippen molar-refractivity contribution in [3.05, 3.63) is 22.4 Å². The fourth-order valence-corrected chi connectivity index (χ4v) is 2.07. The van der Waals surface area contributed by atoms with Crippen LogP contribution in [0.5, 0.6) is 0 Å². The van der Waals surface area contributed by atoms with Crippen LogP contribution in [0, 0.1) is 0 Å². The summed E-state index contributed by atoms with van der Waals surface area (Å²) < 4.78 is 0. The van der Waals surface area contributed by atoms with Crippen molar-refractivity contribution in [2.24, 2.45) is 0 Å². The molecule has 4 nitrogen and oxygen atoms in total. The Morgan fingerprint density at radius 1 is 1.65 bits per heavy atom. The highest BCUT2D eigenvalue weighted by Crippen LogP contribution is 2.07. The Hall–Kier alpha value is -0.910. The number of carbonyl (C=O) groups excluding carboxylic acids is 1. The number of rotatable bonds is 7. The monoisotopic (exact) mass is 256 g/mol. The van der Waals surface area contributed by atoms with Crippen LogP contribution >= 0.6 is 11.3 Å². The first-order chi connectivity index (χ1) is 8.13. The molecule has 5 heteroatoms. The number of nitrogens with zero attached hydrogens (tertiary/aromatic N) is 1. The van der Waals surface area contributed by atoms with Gasteiger partial charge in [0, 0.05) is 17.5 Å². The fraction of sp³-hybridized carbons (Fsp3) is 0.583. The third kappa shape index (κ3) is 5.30. The molecule has 1 aromatic rings. The molecule has 0 aliphatic heterocycles. The third-order valence-electron chi connectivity index (χ3n) is 2.68. The van der Waals surface area contributed by atoms with Gasteiger partial charge in [-0.2, -0.15) is 0 Å². The minimum Gasteiger partial charge on any atom is -0.395 e. The second kappa shape index (κ2) is 7.42. The van der Waals surface area contributed by atoms with E-state index in [1.807, 2.05) is 30.3 Å². The molecule has 1 atom stereocenters. The molecule has 0 bridgehead atoms. The van der Waals surface area contributed by atoms with E-state index in [-0.39, 0.29) is 18.6 Å². The molecule has 1 heterocycles. The van der Waals surface area contributed by atoms with Gasteiger partial charge in [-0.1, -0.05) is 6.07 Å². The highest BCUT2D eigenvalue weighted by atomic mass is 32.1. The van der Waals surface area contributed by atoms with E-state index in [2.05, 4.69) is 11.4 Å². The average Bonchev–Trinajstić information content (AvgIpc) is 2.80. The predicted molar refractivity (Wildman–Crippen MR) is 70.2 cm³/mol. The Labute approximate surface area is 106 Å². The van der Waals surface area contributed by atoms with Crippen molar-refractivity contribution >= 4 is 17.2 Å². The van der Waals surface area contributed by atoms with Crippen molar-refractivity contribution in [1.82, 2.24) is 10.2 Å². The van der Waals surface area contributed by atoms with E-state index in [4.69, 9.17) is 5.11 Å². The highest BCUT2D eigenvalue weighted by molar-refractivity contribution is 7.09. The second-order valence-electron chi connectivity index (χ2n) is 4.13. The predicted octanol–water partition coefficient (Wildman–Crippen LogP) is 0.719. The third-order valence-corrected chi connectivity index (χ3v) is 3.62. The summed E-state index contributed by atoms with van der Waals surface area (Å²) in [7, 11) is 1.83. The van der Waals surface area contributed by atoms with E-state index < -0.39 is 0 Å². The Morgan fingerprint density at radius 3 is 3.00 bits per heavy atom. The minimum atomic E-state index is 0.00403. The summed E-state index contributed by atoms with van der Waals surface area (Å²) >= 11 is 1.70. The first-order valence-electron chi connectivity index (χ1n) is 5.73. The quantitative estimate of drug-likeness (QED) is 0.756. The van der Waals surface area contributed by atoms with Crippen LogP contribution in [-0.2, 0) is 11.2 Å². The Bertz CT molecular complexity index is 327. The van der Waals surface area contributed by atoms with Crippen LogP contribution in [0.2, 0.25) is 0 Å². The number of aliphatic hydroxyl groups is 1. The van der Waals surface area contributed by atoms with Gasteiger partial charge in [-0.3, -0.25) is 9.69 Å². The van der Waals surface area contributed by atoms with Crippen LogP contribution in [0.4, 0.5) is 0 Å². The maximum Gasteiger partial charge on any atom is 0.234 e. The van der Waals surface area contributed by atoms with E-state index in [1.54, 1.807) is 11.3 Å². The van der Waals surface area contributed by atoms with Crippen molar-refractivity contribution in [2.75, 3.05) is 26.7 Å². The van der Waals surface area contributed by atoms with Crippen molar-refractivity contribution in [3.8, 4) is 0 Å². The number of nitrogens with one attached hydrogen (secondary N) is 1. The smallest absolute Gasteiger partial charge is 0.234 e. The molecule has 0 fully saturated rings. The van der Waals surface area contributed by atoms with Gasteiger partial charge >= 0.3 is 0 Å². The second-order valence-corrected chi connectivity index (χ2v) is 5.16. The maximum atomic E-state index is 11.6. The van der Waals surface area contributed by atoms with Gasteiger partial charge in [-0.05, 0) is 31.8 Å². The minimum absolute atomic E-state index is 0.00403. The molecule has 0 spiro atoms. The zero-order chi connectivity index (χ0) is 12.7. The lowest BCUT2D eigenvalue weighted by atomic mass is 10.3. The summed E-state index contributed by atoms with van der Waals surface area (Å²) in [5.41, 5.74) is 0. The molecule has 0 radical (unpaired) electrons. The summed E-state index contributed by atoms with van der Waals surface area (Å²) in [5.74, 6) is 0.00403. The zero-order valence-corrected chi connectivity index (χ0v) is 11.2. The van der Waals surface area contributed by atoms with Gasteiger partial charge in [0.2, 0.25) is 5.91 Å². The van der Waals surface area contributed by atoms with E-state index >= 15 is 0 Å². The molecular weight excluding hydrogens is 236 g/mol. The van der Waals surface area contributed by atoms with Gasteiger partial charge in [0.15, 0.2) is 0 Å². The summed E-state index contributed by atoms with van der Waals surface area (Å²) in [4.78, 5) is 14.7. The topological polar surface area (TPSA) is 52.6 Å². The molecule has 17 heavy (non-hydrogen) atoms. The van der Waals surface area contributed by atoms with Gasteiger partial charge in [0.05, 0.1) is 13.2 Å². The lowest BCUT2D eigenvalue weighted by Crippen LogP contribution is -2.41. The van der Waals surface area contributed by atoms with Crippen molar-refractivity contribution in [2.45, 2.75) is 19.4 Å². The molecule has 0 aromatic carbocycles. The van der Waals surface area contributed by atoms with Crippen LogP contribution < -0.4 is 5.32 Å². The Morgan fingerprint density at radius 2 is 2.41 bits per heavy atom. The summed E-state index contributed by atoms with van der Waals surface area (Å²) in [6, 6.07) is 4.09. The SMILES string of the molecule is CC(CO)N(C)CC(=O)NCCc1cccs1. The molecular formula is C12H20N2O2S. The van der Waals surface area contributed by atoms with Gasteiger partial charge in [-0.15, -0.1) is 11.3 Å². The average molecular weight is 256 g/mol. The van der Waals surface area contributed by atoms with E-state index in [9.17, 15) is 4.79 Å². The van der Waals surface area contributed by atoms with Crippen LogP contribution in [0.1, 0.15) is 11.8 Å².